The summed E-state index contributed by atoms with van der Waals surface area (Å²) in [5.41, 5.74) is 2.09. The fourth-order valence-corrected chi connectivity index (χ4v) is 4.51. The van der Waals surface area contributed by atoms with Crippen molar-refractivity contribution in [2.45, 2.75) is 51.1 Å². The van der Waals surface area contributed by atoms with Crippen LogP contribution in [0.15, 0.2) is 24.3 Å². The summed E-state index contributed by atoms with van der Waals surface area (Å²) in [5, 5.41) is 2.51. The molecule has 4 heteroatoms. The number of nitrogens with zero attached hydrogens (tertiary/aromatic N) is 1. The number of aryl methyl sites for hydroxylation is 1. The number of fused-ring (bicyclic) bond motifs is 2. The number of benzene rings is 1. The number of hydrogen-bond donors (Lipinski definition) is 1. The van der Waals surface area contributed by atoms with E-state index in [1.807, 2.05) is 0 Å². The fraction of sp³-hybridized carbons (Fsp3) is 0.529. The van der Waals surface area contributed by atoms with Crippen LogP contribution in [0.25, 0.3) is 0 Å². The minimum Gasteiger partial charge on any atom is -0.365 e. The summed E-state index contributed by atoms with van der Waals surface area (Å²) in [6, 6.07) is 9.43. The molecule has 2 unspecified atom stereocenters. The molecule has 3 fully saturated rings. The van der Waals surface area contributed by atoms with Crippen LogP contribution in [0, 0.1) is 12.3 Å². The Morgan fingerprint density at radius 1 is 1.10 bits per heavy atom. The van der Waals surface area contributed by atoms with E-state index >= 15 is 0 Å². The highest BCUT2D eigenvalue weighted by Crippen LogP contribution is 2.50. The first-order valence-corrected chi connectivity index (χ1v) is 7.77. The summed E-state index contributed by atoms with van der Waals surface area (Å²) in [7, 11) is 0. The van der Waals surface area contributed by atoms with Gasteiger partial charge < -0.3 is 4.90 Å². The molecular formula is C17H20N2O2. The molecule has 3 saturated heterocycles. The maximum Gasteiger partial charge on any atom is 0.233 e. The molecule has 3 aliphatic heterocycles. The number of carbonyl (C=O) groups excluding carboxylic acids is 2. The third kappa shape index (κ3) is 1.88. The van der Waals surface area contributed by atoms with Gasteiger partial charge in [-0.3, -0.25) is 14.9 Å². The molecule has 2 atom stereocenters. The molecule has 1 N–H and O–H groups in total. The molecule has 3 heterocycles. The van der Waals surface area contributed by atoms with Crippen molar-refractivity contribution in [3.05, 3.63) is 29.8 Å². The quantitative estimate of drug-likeness (QED) is 0.804. The smallest absolute Gasteiger partial charge is 0.233 e. The van der Waals surface area contributed by atoms with Crippen LogP contribution in [0.3, 0.4) is 0 Å². The van der Waals surface area contributed by atoms with Crippen molar-refractivity contribution in [1.82, 2.24) is 5.32 Å². The van der Waals surface area contributed by atoms with Crippen molar-refractivity contribution < 1.29 is 9.59 Å². The second-order valence-electron chi connectivity index (χ2n) is 6.87. The lowest BCUT2D eigenvalue weighted by Crippen LogP contribution is -2.50. The van der Waals surface area contributed by atoms with E-state index in [1.165, 1.54) is 11.3 Å². The van der Waals surface area contributed by atoms with Crippen LogP contribution in [-0.2, 0) is 9.59 Å². The Morgan fingerprint density at radius 2 is 1.71 bits per heavy atom. The van der Waals surface area contributed by atoms with Gasteiger partial charge in [0, 0.05) is 24.2 Å². The first-order valence-electron chi connectivity index (χ1n) is 7.77. The van der Waals surface area contributed by atoms with E-state index in [2.05, 4.69) is 41.4 Å². The molecule has 4 rings (SSSR count). The van der Waals surface area contributed by atoms with E-state index in [4.69, 9.17) is 0 Å². The molecule has 0 saturated carbocycles. The van der Waals surface area contributed by atoms with Gasteiger partial charge in [-0.2, -0.15) is 0 Å². The van der Waals surface area contributed by atoms with Gasteiger partial charge >= 0.3 is 0 Å². The molecular weight excluding hydrogens is 264 g/mol. The molecule has 0 aliphatic carbocycles. The number of nitrogens with one attached hydrogen (secondary N) is 1. The van der Waals surface area contributed by atoms with E-state index < -0.39 is 5.41 Å². The van der Waals surface area contributed by atoms with Gasteiger partial charge in [0.2, 0.25) is 11.8 Å². The molecule has 1 aromatic rings. The number of amides is 2. The molecule has 4 nitrogen and oxygen atoms in total. The minimum atomic E-state index is -0.426. The topological polar surface area (TPSA) is 49.4 Å². The zero-order chi connectivity index (χ0) is 14.6. The predicted octanol–water partition coefficient (Wildman–Crippen LogP) is 2.16. The summed E-state index contributed by atoms with van der Waals surface area (Å²) in [6.45, 7) is 2.10. The van der Waals surface area contributed by atoms with E-state index in [0.29, 0.717) is 18.5 Å². The van der Waals surface area contributed by atoms with Crippen molar-refractivity contribution in [2.24, 2.45) is 5.41 Å². The summed E-state index contributed by atoms with van der Waals surface area (Å²) in [4.78, 5) is 26.3. The zero-order valence-corrected chi connectivity index (χ0v) is 12.3. The first kappa shape index (κ1) is 12.9. The number of hydrogen-bond acceptors (Lipinski definition) is 3. The first-order chi connectivity index (χ1) is 10.1. The van der Waals surface area contributed by atoms with Crippen molar-refractivity contribution in [1.29, 1.82) is 0 Å². The van der Waals surface area contributed by atoms with Crippen LogP contribution < -0.4 is 10.2 Å². The summed E-state index contributed by atoms with van der Waals surface area (Å²) < 4.78 is 0. The van der Waals surface area contributed by atoms with Crippen LogP contribution in [0.4, 0.5) is 5.69 Å². The highest BCUT2D eigenvalue weighted by Gasteiger charge is 2.55. The number of imide groups is 1. The Hall–Kier alpha value is -1.84. The monoisotopic (exact) mass is 284 g/mol. The third-order valence-corrected chi connectivity index (χ3v) is 5.44. The maximum atomic E-state index is 12.2. The molecule has 0 aromatic heterocycles. The summed E-state index contributed by atoms with van der Waals surface area (Å²) in [5.74, 6) is -0.129. The largest absolute Gasteiger partial charge is 0.365 e. The number of carbonyl (C=O) groups is 2. The van der Waals surface area contributed by atoms with Gasteiger partial charge in [0.05, 0.1) is 5.41 Å². The number of rotatable bonds is 1. The SMILES string of the molecule is Cc1ccc(N2C3CCC2CC2(CC(=O)NC2=O)C3)cc1. The molecule has 1 aromatic carbocycles. The number of piperidine rings is 1. The van der Waals surface area contributed by atoms with Crippen LogP contribution in [0.5, 0.6) is 0 Å². The average molecular weight is 284 g/mol. The highest BCUT2D eigenvalue weighted by atomic mass is 16.2. The van der Waals surface area contributed by atoms with Crippen LogP contribution in [0.1, 0.15) is 37.7 Å². The summed E-state index contributed by atoms with van der Waals surface area (Å²) in [6.07, 6.45) is 4.27. The second-order valence-corrected chi connectivity index (χ2v) is 6.87. The molecule has 21 heavy (non-hydrogen) atoms. The Kier molecular flexibility index (Phi) is 2.65. The van der Waals surface area contributed by atoms with Crippen molar-refractivity contribution >= 4 is 17.5 Å². The lowest BCUT2D eigenvalue weighted by atomic mass is 9.73. The van der Waals surface area contributed by atoms with E-state index in [-0.39, 0.29) is 11.8 Å². The van der Waals surface area contributed by atoms with E-state index in [1.54, 1.807) is 0 Å². The Bertz CT molecular complexity index is 594. The van der Waals surface area contributed by atoms with Crippen molar-refractivity contribution in [3.8, 4) is 0 Å². The van der Waals surface area contributed by atoms with Gasteiger partial charge in [-0.25, -0.2) is 0 Å². The van der Waals surface area contributed by atoms with Crippen LogP contribution in [-0.4, -0.2) is 23.9 Å². The third-order valence-electron chi connectivity index (χ3n) is 5.44. The Morgan fingerprint density at radius 3 is 2.24 bits per heavy atom. The average Bonchev–Trinajstić information content (AvgIpc) is 2.86. The predicted molar refractivity (Wildman–Crippen MR) is 79.9 cm³/mol. The molecule has 0 radical (unpaired) electrons. The fourth-order valence-electron chi connectivity index (χ4n) is 4.51. The van der Waals surface area contributed by atoms with Crippen LogP contribution >= 0.6 is 0 Å². The van der Waals surface area contributed by atoms with Gasteiger partial charge in [0.1, 0.15) is 0 Å². The van der Waals surface area contributed by atoms with Gasteiger partial charge in [-0.1, -0.05) is 17.7 Å². The van der Waals surface area contributed by atoms with Gasteiger partial charge in [-0.15, -0.1) is 0 Å². The second kappa shape index (κ2) is 4.33. The standard InChI is InChI=1S/C17H20N2O2/c1-11-2-4-12(5-3-11)19-13-6-7-14(19)9-17(8-13)10-15(20)18-16(17)21/h2-5,13-14H,6-10H2,1H3,(H,18,20,21). The molecule has 2 bridgehead atoms. The van der Waals surface area contributed by atoms with E-state index in [9.17, 15) is 9.59 Å². The lowest BCUT2D eigenvalue weighted by molar-refractivity contribution is -0.129. The Balaban J connectivity index is 1.64. The Labute approximate surface area is 124 Å². The highest BCUT2D eigenvalue weighted by molar-refractivity contribution is 6.06. The maximum absolute atomic E-state index is 12.2. The van der Waals surface area contributed by atoms with Crippen molar-refractivity contribution in [2.75, 3.05) is 4.90 Å². The molecule has 110 valence electrons. The van der Waals surface area contributed by atoms with Crippen LogP contribution in [0.2, 0.25) is 0 Å². The molecule has 3 aliphatic rings. The summed E-state index contributed by atoms with van der Waals surface area (Å²) >= 11 is 0. The molecule has 1 spiro atoms. The normalized spacial score (nSPS) is 34.6. The number of anilines is 1. The van der Waals surface area contributed by atoms with Crippen molar-refractivity contribution in [3.63, 3.8) is 0 Å². The minimum absolute atomic E-state index is 0.0343. The molecule has 2 amide bonds. The van der Waals surface area contributed by atoms with Gasteiger partial charge in [-0.05, 0) is 44.7 Å². The van der Waals surface area contributed by atoms with E-state index in [0.717, 1.165) is 25.7 Å². The van der Waals surface area contributed by atoms with Gasteiger partial charge in [0.25, 0.3) is 0 Å². The van der Waals surface area contributed by atoms with Gasteiger partial charge in [0.15, 0.2) is 0 Å². The lowest BCUT2D eigenvalue weighted by Gasteiger charge is -2.44. The zero-order valence-electron chi connectivity index (χ0n) is 12.3.